The third-order valence-corrected chi connectivity index (χ3v) is 4.49. The van der Waals surface area contributed by atoms with Crippen LogP contribution in [0.2, 0.25) is 0 Å². The molecule has 0 unspecified atom stereocenters. The molecule has 3 aromatic rings. The number of hydrogen-bond acceptors (Lipinski definition) is 3. The number of aromatic carboxylic acids is 1. The molecule has 5 heteroatoms. The number of aromatic nitrogens is 2. The van der Waals surface area contributed by atoms with Gasteiger partial charge in [-0.1, -0.05) is 45.0 Å². The molecule has 140 valence electrons. The van der Waals surface area contributed by atoms with Crippen LogP contribution in [0.15, 0.2) is 48.5 Å². The quantitative estimate of drug-likeness (QED) is 0.666. The second-order valence-corrected chi connectivity index (χ2v) is 7.84. The average Bonchev–Trinajstić information content (AvgIpc) is 2.99. The Labute approximate surface area is 159 Å². The van der Waals surface area contributed by atoms with E-state index in [0.717, 1.165) is 28.3 Å². The highest BCUT2D eigenvalue weighted by atomic mass is 16.4. The lowest BCUT2D eigenvalue weighted by Crippen LogP contribution is -2.13. The number of hydrogen-bond donors (Lipinski definition) is 2. The molecular weight excluding hydrogens is 338 g/mol. The lowest BCUT2D eigenvalue weighted by atomic mass is 9.92. The normalized spacial score (nSPS) is 11.4. The Kier molecular flexibility index (Phi) is 4.79. The van der Waals surface area contributed by atoms with Crippen molar-refractivity contribution in [3.05, 3.63) is 70.9 Å². The highest BCUT2D eigenvalue weighted by Crippen LogP contribution is 2.30. The molecular formula is C22H25N3O2. The second-order valence-electron chi connectivity index (χ2n) is 7.84. The lowest BCUT2D eigenvalue weighted by molar-refractivity contribution is 0.0698. The fourth-order valence-corrected chi connectivity index (χ4v) is 2.91. The molecule has 0 aliphatic heterocycles. The first kappa shape index (κ1) is 18.7. The van der Waals surface area contributed by atoms with Gasteiger partial charge in [-0.25, -0.2) is 9.48 Å². The summed E-state index contributed by atoms with van der Waals surface area (Å²) in [6.45, 7) is 10.3. The van der Waals surface area contributed by atoms with Gasteiger partial charge in [0.1, 0.15) is 5.82 Å². The predicted molar refractivity (Wildman–Crippen MR) is 108 cm³/mol. The topological polar surface area (TPSA) is 67.2 Å². The maximum absolute atomic E-state index is 11.6. The number of para-hydroxylation sites is 1. The van der Waals surface area contributed by atoms with Gasteiger partial charge >= 0.3 is 5.97 Å². The molecule has 0 radical (unpaired) electrons. The maximum atomic E-state index is 11.6. The van der Waals surface area contributed by atoms with Gasteiger partial charge in [-0.3, -0.25) is 0 Å². The van der Waals surface area contributed by atoms with Crippen LogP contribution in [0.25, 0.3) is 5.69 Å². The standard InChI is InChI=1S/C22H25N3O2/c1-14-10-11-16(21(26)27)17(12-14)23-20-13-19(22(3,4)5)24-25(20)18-9-7-6-8-15(18)2/h6-13,23H,1-5H3,(H,26,27). The van der Waals surface area contributed by atoms with Crippen molar-refractivity contribution in [3.8, 4) is 5.69 Å². The van der Waals surface area contributed by atoms with Gasteiger partial charge in [-0.2, -0.15) is 5.10 Å². The molecule has 0 bridgehead atoms. The lowest BCUT2D eigenvalue weighted by Gasteiger charge is -2.14. The summed E-state index contributed by atoms with van der Waals surface area (Å²) in [6.07, 6.45) is 0. The van der Waals surface area contributed by atoms with E-state index in [9.17, 15) is 9.90 Å². The van der Waals surface area contributed by atoms with Crippen molar-refractivity contribution >= 4 is 17.5 Å². The minimum atomic E-state index is -0.962. The minimum absolute atomic E-state index is 0.132. The van der Waals surface area contributed by atoms with E-state index in [-0.39, 0.29) is 11.0 Å². The first-order valence-corrected chi connectivity index (χ1v) is 8.94. The Morgan fingerprint density at radius 1 is 1.07 bits per heavy atom. The van der Waals surface area contributed by atoms with E-state index in [1.165, 1.54) is 0 Å². The molecule has 0 saturated heterocycles. The summed E-state index contributed by atoms with van der Waals surface area (Å²) in [7, 11) is 0. The van der Waals surface area contributed by atoms with Gasteiger partial charge < -0.3 is 10.4 Å². The van der Waals surface area contributed by atoms with Crippen molar-refractivity contribution in [2.45, 2.75) is 40.0 Å². The maximum Gasteiger partial charge on any atom is 0.337 e. The number of carboxylic acids is 1. The van der Waals surface area contributed by atoms with E-state index >= 15 is 0 Å². The molecule has 0 fully saturated rings. The van der Waals surface area contributed by atoms with E-state index in [1.807, 2.05) is 54.9 Å². The molecule has 3 rings (SSSR count). The van der Waals surface area contributed by atoms with Crippen LogP contribution in [-0.4, -0.2) is 20.9 Å². The largest absolute Gasteiger partial charge is 0.478 e. The van der Waals surface area contributed by atoms with Crippen LogP contribution in [0.5, 0.6) is 0 Å². The van der Waals surface area contributed by atoms with Gasteiger partial charge in [-0.15, -0.1) is 0 Å². The Bertz CT molecular complexity index is 997. The van der Waals surface area contributed by atoms with Crippen LogP contribution in [0.3, 0.4) is 0 Å². The van der Waals surface area contributed by atoms with Crippen molar-refractivity contribution < 1.29 is 9.90 Å². The monoisotopic (exact) mass is 363 g/mol. The summed E-state index contributed by atoms with van der Waals surface area (Å²) in [5, 5.41) is 17.7. The van der Waals surface area contributed by atoms with Crippen LogP contribution >= 0.6 is 0 Å². The fourth-order valence-electron chi connectivity index (χ4n) is 2.91. The molecule has 5 nitrogen and oxygen atoms in total. The Hall–Kier alpha value is -3.08. The third-order valence-electron chi connectivity index (χ3n) is 4.49. The highest BCUT2D eigenvalue weighted by Gasteiger charge is 2.22. The van der Waals surface area contributed by atoms with Crippen LogP contribution in [0.4, 0.5) is 11.5 Å². The predicted octanol–water partition coefficient (Wildman–Crippen LogP) is 5.23. The molecule has 27 heavy (non-hydrogen) atoms. The summed E-state index contributed by atoms with van der Waals surface area (Å²) in [5.41, 5.74) is 4.62. The zero-order valence-electron chi connectivity index (χ0n) is 16.4. The molecule has 1 aromatic heterocycles. The molecule has 0 aliphatic carbocycles. The van der Waals surface area contributed by atoms with Crippen LogP contribution in [0, 0.1) is 13.8 Å². The average molecular weight is 363 g/mol. The Morgan fingerprint density at radius 3 is 2.41 bits per heavy atom. The number of carbonyl (C=O) groups is 1. The SMILES string of the molecule is Cc1ccc(C(=O)O)c(Nc2cc(C(C)(C)C)nn2-c2ccccc2C)c1. The Morgan fingerprint density at radius 2 is 1.78 bits per heavy atom. The first-order chi connectivity index (χ1) is 12.7. The van der Waals surface area contributed by atoms with E-state index in [0.29, 0.717) is 5.69 Å². The molecule has 0 atom stereocenters. The van der Waals surface area contributed by atoms with E-state index in [2.05, 4.69) is 26.1 Å². The number of anilines is 2. The zero-order valence-corrected chi connectivity index (χ0v) is 16.4. The van der Waals surface area contributed by atoms with Crippen LogP contribution < -0.4 is 5.32 Å². The highest BCUT2D eigenvalue weighted by molar-refractivity contribution is 5.95. The van der Waals surface area contributed by atoms with Crippen molar-refractivity contribution in [2.24, 2.45) is 0 Å². The van der Waals surface area contributed by atoms with Gasteiger partial charge in [0.2, 0.25) is 0 Å². The Balaban J connectivity index is 2.16. The second kappa shape index (κ2) is 6.91. The van der Waals surface area contributed by atoms with E-state index in [1.54, 1.807) is 12.1 Å². The number of aryl methyl sites for hydroxylation is 2. The molecule has 1 heterocycles. The van der Waals surface area contributed by atoms with E-state index in [4.69, 9.17) is 5.10 Å². The van der Waals surface area contributed by atoms with Gasteiger partial charge in [0, 0.05) is 11.5 Å². The number of benzene rings is 2. The summed E-state index contributed by atoms with van der Waals surface area (Å²) >= 11 is 0. The fraction of sp³-hybridized carbons (Fsp3) is 0.273. The summed E-state index contributed by atoms with van der Waals surface area (Å²) in [6, 6.07) is 15.3. The van der Waals surface area contributed by atoms with Crippen LogP contribution in [0.1, 0.15) is 48.0 Å². The van der Waals surface area contributed by atoms with Gasteiger partial charge in [0.15, 0.2) is 0 Å². The van der Waals surface area contributed by atoms with E-state index < -0.39 is 5.97 Å². The zero-order chi connectivity index (χ0) is 19.8. The number of carboxylic acid groups (broad SMARTS) is 1. The number of rotatable bonds is 4. The number of nitrogens with one attached hydrogen (secondary N) is 1. The first-order valence-electron chi connectivity index (χ1n) is 8.94. The minimum Gasteiger partial charge on any atom is -0.478 e. The molecule has 0 aliphatic rings. The van der Waals surface area contributed by atoms with Crippen molar-refractivity contribution in [1.82, 2.24) is 9.78 Å². The van der Waals surface area contributed by atoms with Crippen molar-refractivity contribution in [2.75, 3.05) is 5.32 Å². The molecule has 0 saturated carbocycles. The van der Waals surface area contributed by atoms with Crippen molar-refractivity contribution in [1.29, 1.82) is 0 Å². The molecule has 2 N–H and O–H groups in total. The molecule has 0 amide bonds. The van der Waals surface area contributed by atoms with Gasteiger partial charge in [-0.05, 0) is 43.2 Å². The van der Waals surface area contributed by atoms with Gasteiger partial charge in [0.05, 0.1) is 22.6 Å². The summed E-state index contributed by atoms with van der Waals surface area (Å²) in [4.78, 5) is 11.6. The summed E-state index contributed by atoms with van der Waals surface area (Å²) in [5.74, 6) is -0.224. The summed E-state index contributed by atoms with van der Waals surface area (Å²) < 4.78 is 1.85. The molecule has 0 spiro atoms. The van der Waals surface area contributed by atoms with Crippen molar-refractivity contribution in [3.63, 3.8) is 0 Å². The van der Waals surface area contributed by atoms with Crippen LogP contribution in [-0.2, 0) is 5.41 Å². The smallest absolute Gasteiger partial charge is 0.337 e. The number of nitrogens with zero attached hydrogens (tertiary/aromatic N) is 2. The third kappa shape index (κ3) is 3.87. The molecule has 2 aromatic carbocycles. The van der Waals surface area contributed by atoms with Gasteiger partial charge in [0.25, 0.3) is 0 Å².